The Balaban J connectivity index is 1.75. The third-order valence-electron chi connectivity index (χ3n) is 5.55. The molecule has 5 heteroatoms. The summed E-state index contributed by atoms with van der Waals surface area (Å²) in [5.41, 5.74) is 1.11. The molecule has 5 rings (SSSR count). The molecule has 3 aromatic carbocycles. The number of carbonyl (C=O) groups is 1. The maximum atomic E-state index is 13.8. The Morgan fingerprint density at radius 2 is 1.64 bits per heavy atom. The number of ketones is 1. The van der Waals surface area contributed by atoms with Crippen molar-refractivity contribution in [2.45, 2.75) is 17.6 Å². The van der Waals surface area contributed by atoms with Gasteiger partial charge in [-0.15, -0.1) is 0 Å². The molecule has 0 saturated heterocycles. The van der Waals surface area contributed by atoms with Crippen LogP contribution in [0.15, 0.2) is 89.1 Å². The van der Waals surface area contributed by atoms with Gasteiger partial charge in [-0.05, 0) is 29.3 Å². The van der Waals surface area contributed by atoms with E-state index in [0.29, 0.717) is 22.9 Å². The fraction of sp³-hybridized carbons (Fsp3) is 0.174. The lowest BCUT2D eigenvalue weighted by Gasteiger charge is -2.41. The molecule has 28 heavy (non-hydrogen) atoms. The highest BCUT2D eigenvalue weighted by atomic mass is 35.5. The molecule has 4 nitrogen and oxygen atoms in total. The fourth-order valence-corrected chi connectivity index (χ4v) is 4.51. The predicted octanol–water partition coefficient (Wildman–Crippen LogP) is 5.64. The Morgan fingerprint density at radius 1 is 0.929 bits per heavy atom. The first kappa shape index (κ1) is 17.1. The molecule has 2 aliphatic rings. The van der Waals surface area contributed by atoms with Crippen LogP contribution in [0.1, 0.15) is 33.5 Å². The molecule has 0 saturated carbocycles. The quantitative estimate of drug-likeness (QED) is 0.570. The van der Waals surface area contributed by atoms with Gasteiger partial charge < -0.3 is 4.74 Å². The monoisotopic (exact) mass is 388 g/mol. The molecule has 0 aliphatic carbocycles. The van der Waals surface area contributed by atoms with Crippen molar-refractivity contribution in [3.63, 3.8) is 0 Å². The molecule has 3 atom stereocenters. The van der Waals surface area contributed by atoms with Crippen molar-refractivity contribution >= 4 is 17.4 Å². The molecule has 0 N–H and O–H groups in total. The summed E-state index contributed by atoms with van der Waals surface area (Å²) in [6, 6.07) is 24.7. The zero-order valence-corrected chi connectivity index (χ0v) is 15.7. The van der Waals surface area contributed by atoms with Crippen LogP contribution in [0.5, 0.6) is 5.75 Å². The molecule has 0 aromatic heterocycles. The Labute approximate surface area is 167 Å². The Bertz CT molecular complexity index is 1080. The number of fused-ring (bicyclic) bond motifs is 1. The number of benzene rings is 3. The van der Waals surface area contributed by atoms with Gasteiger partial charge in [0, 0.05) is 10.9 Å². The van der Waals surface area contributed by atoms with Gasteiger partial charge in [-0.3, -0.25) is 4.79 Å². The van der Waals surface area contributed by atoms with Gasteiger partial charge in [0.15, 0.2) is 11.6 Å². The number of azo groups is 1. The van der Waals surface area contributed by atoms with Crippen LogP contribution in [-0.4, -0.2) is 17.9 Å². The van der Waals surface area contributed by atoms with E-state index in [2.05, 4.69) is 10.2 Å². The summed E-state index contributed by atoms with van der Waals surface area (Å²) in [4.78, 5) is 13.8. The lowest BCUT2D eigenvalue weighted by Crippen LogP contribution is -2.51. The van der Waals surface area contributed by atoms with Crippen molar-refractivity contribution in [2.24, 2.45) is 10.2 Å². The molecular formula is C23H17ClN2O2. The van der Waals surface area contributed by atoms with Gasteiger partial charge in [0.25, 0.3) is 0 Å². The summed E-state index contributed by atoms with van der Waals surface area (Å²) >= 11 is 6.51. The summed E-state index contributed by atoms with van der Waals surface area (Å²) in [5, 5.41) is 9.49. The molecule has 2 aliphatic heterocycles. The summed E-state index contributed by atoms with van der Waals surface area (Å²) in [6.07, 6.45) is -0.580. The largest absolute Gasteiger partial charge is 0.482 e. The summed E-state index contributed by atoms with van der Waals surface area (Å²) in [5.74, 6) is 0.202. The molecule has 1 spiro atoms. The van der Waals surface area contributed by atoms with Crippen molar-refractivity contribution in [2.75, 3.05) is 6.54 Å². The second-order valence-corrected chi connectivity index (χ2v) is 7.46. The lowest BCUT2D eigenvalue weighted by atomic mass is 9.69. The topological polar surface area (TPSA) is 51.0 Å². The molecular weight excluding hydrogens is 372 g/mol. The maximum absolute atomic E-state index is 13.8. The third-order valence-corrected chi connectivity index (χ3v) is 5.90. The summed E-state index contributed by atoms with van der Waals surface area (Å²) < 4.78 is 6.40. The Morgan fingerprint density at radius 3 is 2.46 bits per heavy atom. The molecule has 0 bridgehead atoms. The molecule has 0 amide bonds. The van der Waals surface area contributed by atoms with Crippen molar-refractivity contribution in [3.8, 4) is 5.75 Å². The summed E-state index contributed by atoms with van der Waals surface area (Å²) in [7, 11) is 0. The first-order valence-electron chi connectivity index (χ1n) is 9.20. The average molecular weight is 389 g/mol. The zero-order chi connectivity index (χ0) is 19.1. The van der Waals surface area contributed by atoms with E-state index in [0.717, 1.165) is 11.1 Å². The van der Waals surface area contributed by atoms with E-state index >= 15 is 0 Å². The first-order chi connectivity index (χ1) is 13.7. The lowest BCUT2D eigenvalue weighted by molar-refractivity contribution is 0.0522. The number of para-hydroxylation sites is 1. The standard InChI is InChI=1S/C23H17ClN2O2/c24-19-12-6-4-10-16(19)18-14-25-26-23(18)21(27)17-11-5-7-13-20(17)28-22(23)15-8-2-1-3-9-15/h1-13,18,22H,14H2/t18-,22-,23+/m0/s1. The first-order valence-corrected chi connectivity index (χ1v) is 9.58. The number of nitrogens with zero attached hydrogens (tertiary/aromatic N) is 2. The van der Waals surface area contributed by atoms with Gasteiger partial charge in [0.1, 0.15) is 5.75 Å². The molecule has 0 unspecified atom stereocenters. The minimum atomic E-state index is -1.18. The molecule has 138 valence electrons. The number of rotatable bonds is 2. The summed E-state index contributed by atoms with van der Waals surface area (Å²) in [6.45, 7) is 0.393. The number of carbonyl (C=O) groups excluding carboxylic acids is 1. The zero-order valence-electron chi connectivity index (χ0n) is 15.0. The molecule has 0 fully saturated rings. The fourth-order valence-electron chi connectivity index (χ4n) is 4.24. The minimum absolute atomic E-state index is 0.0747. The predicted molar refractivity (Wildman–Crippen MR) is 107 cm³/mol. The van der Waals surface area contributed by atoms with E-state index in [4.69, 9.17) is 16.3 Å². The highest BCUT2D eigenvalue weighted by Gasteiger charge is 2.60. The number of hydrogen-bond donors (Lipinski definition) is 0. The SMILES string of the molecule is O=C1c2ccccc2O[C@@H](c2ccccc2)[C@]12N=NC[C@H]2c1ccccc1Cl. The van der Waals surface area contributed by atoms with Crippen LogP contribution in [0, 0.1) is 0 Å². The Hall–Kier alpha value is -2.98. The van der Waals surface area contributed by atoms with Crippen molar-refractivity contribution in [3.05, 3.63) is 101 Å². The second kappa shape index (κ2) is 6.57. The van der Waals surface area contributed by atoms with Crippen LogP contribution in [-0.2, 0) is 0 Å². The van der Waals surface area contributed by atoms with Gasteiger partial charge in [-0.2, -0.15) is 10.2 Å². The van der Waals surface area contributed by atoms with Gasteiger partial charge in [0.05, 0.1) is 12.1 Å². The van der Waals surface area contributed by atoms with Crippen molar-refractivity contribution in [1.82, 2.24) is 0 Å². The molecule has 3 aromatic rings. The van der Waals surface area contributed by atoms with E-state index in [1.807, 2.05) is 72.8 Å². The van der Waals surface area contributed by atoms with E-state index in [1.165, 1.54) is 0 Å². The van der Waals surface area contributed by atoms with Crippen molar-refractivity contribution < 1.29 is 9.53 Å². The second-order valence-electron chi connectivity index (χ2n) is 7.06. The number of halogens is 1. The van der Waals surface area contributed by atoms with Crippen LogP contribution in [0.2, 0.25) is 5.02 Å². The van der Waals surface area contributed by atoms with Crippen molar-refractivity contribution in [1.29, 1.82) is 0 Å². The highest BCUT2D eigenvalue weighted by molar-refractivity contribution is 6.31. The number of ether oxygens (including phenoxy) is 1. The highest BCUT2D eigenvalue weighted by Crippen LogP contribution is 2.53. The van der Waals surface area contributed by atoms with Crippen LogP contribution in [0.25, 0.3) is 0 Å². The van der Waals surface area contributed by atoms with E-state index in [-0.39, 0.29) is 11.7 Å². The van der Waals surface area contributed by atoms with Gasteiger partial charge in [0.2, 0.25) is 5.78 Å². The van der Waals surface area contributed by atoms with E-state index in [9.17, 15) is 4.79 Å². The number of Topliss-reactive ketones (excluding diaryl/α,β-unsaturated/α-hetero) is 1. The number of hydrogen-bond acceptors (Lipinski definition) is 4. The van der Waals surface area contributed by atoms with Crippen LogP contribution in [0.3, 0.4) is 0 Å². The third kappa shape index (κ3) is 2.41. The van der Waals surface area contributed by atoms with Gasteiger partial charge >= 0.3 is 0 Å². The molecule has 0 radical (unpaired) electrons. The van der Waals surface area contributed by atoms with Gasteiger partial charge in [-0.25, -0.2) is 0 Å². The smallest absolute Gasteiger partial charge is 0.200 e. The maximum Gasteiger partial charge on any atom is 0.200 e. The van der Waals surface area contributed by atoms with Crippen LogP contribution >= 0.6 is 11.6 Å². The Kier molecular flexibility index (Phi) is 4.02. The minimum Gasteiger partial charge on any atom is -0.482 e. The van der Waals surface area contributed by atoms with Crippen LogP contribution in [0.4, 0.5) is 0 Å². The van der Waals surface area contributed by atoms with Gasteiger partial charge in [-0.1, -0.05) is 72.3 Å². The van der Waals surface area contributed by atoms with Crippen LogP contribution < -0.4 is 4.74 Å². The average Bonchev–Trinajstić information content (AvgIpc) is 3.17. The molecule has 2 heterocycles. The van der Waals surface area contributed by atoms with E-state index < -0.39 is 11.6 Å². The van der Waals surface area contributed by atoms with E-state index in [1.54, 1.807) is 6.07 Å². The normalized spacial score (nSPS) is 25.5.